The van der Waals surface area contributed by atoms with Crippen molar-refractivity contribution in [3.8, 4) is 0 Å². The molecular weight excluding hydrogens is 230 g/mol. The summed E-state index contributed by atoms with van der Waals surface area (Å²) < 4.78 is 0. The van der Waals surface area contributed by atoms with Crippen LogP contribution >= 0.6 is 0 Å². The first-order valence-electron chi connectivity index (χ1n) is 7.38. The first-order chi connectivity index (χ1) is 9.24. The molecule has 2 atom stereocenters. The molecule has 0 aliphatic rings. The molecule has 0 amide bonds. The zero-order chi connectivity index (χ0) is 13.7. The highest BCUT2D eigenvalue weighted by Crippen LogP contribution is 2.21. The number of benzene rings is 2. The predicted octanol–water partition coefficient (Wildman–Crippen LogP) is 4.41. The maximum absolute atomic E-state index is 3.48. The predicted molar refractivity (Wildman–Crippen MR) is 84.6 cm³/mol. The van der Waals surface area contributed by atoms with Crippen molar-refractivity contribution in [3.63, 3.8) is 0 Å². The smallest absolute Gasteiger partial charge is 0.0107 e. The third kappa shape index (κ3) is 3.57. The van der Waals surface area contributed by atoms with Gasteiger partial charge >= 0.3 is 0 Å². The number of likely N-dealkylation sites (N-methyl/N-ethyl adjacent to an activating group) is 1. The Hall–Kier alpha value is -1.34. The van der Waals surface area contributed by atoms with Crippen molar-refractivity contribution in [2.75, 3.05) is 7.05 Å². The van der Waals surface area contributed by atoms with Crippen LogP contribution in [-0.4, -0.2) is 13.1 Å². The number of fused-ring (bicyclic) bond motifs is 1. The van der Waals surface area contributed by atoms with Crippen LogP contribution in [0.15, 0.2) is 42.5 Å². The van der Waals surface area contributed by atoms with Crippen LogP contribution in [0.25, 0.3) is 10.8 Å². The highest BCUT2D eigenvalue weighted by Gasteiger charge is 2.12. The van der Waals surface area contributed by atoms with Gasteiger partial charge in [0.05, 0.1) is 0 Å². The largest absolute Gasteiger partial charge is 0.317 e. The van der Waals surface area contributed by atoms with E-state index in [-0.39, 0.29) is 0 Å². The van der Waals surface area contributed by atoms with Gasteiger partial charge in [-0.1, -0.05) is 62.7 Å². The molecule has 0 saturated carbocycles. The molecule has 0 aliphatic carbocycles. The van der Waals surface area contributed by atoms with Gasteiger partial charge in [-0.05, 0) is 42.1 Å². The van der Waals surface area contributed by atoms with Crippen LogP contribution < -0.4 is 5.32 Å². The second kappa shape index (κ2) is 6.72. The Morgan fingerprint density at radius 1 is 1.05 bits per heavy atom. The third-order valence-electron chi connectivity index (χ3n) is 4.14. The molecule has 1 heteroatoms. The third-order valence-corrected chi connectivity index (χ3v) is 4.14. The molecule has 2 rings (SSSR count). The van der Waals surface area contributed by atoms with Gasteiger partial charge in [0.2, 0.25) is 0 Å². The van der Waals surface area contributed by atoms with E-state index in [1.54, 1.807) is 0 Å². The van der Waals surface area contributed by atoms with Crippen molar-refractivity contribution in [3.05, 3.63) is 48.0 Å². The first-order valence-corrected chi connectivity index (χ1v) is 7.38. The normalized spacial score (nSPS) is 14.5. The number of rotatable bonds is 6. The summed E-state index contributed by atoms with van der Waals surface area (Å²) in [5.74, 6) is 0.785. The minimum Gasteiger partial charge on any atom is -0.317 e. The van der Waals surface area contributed by atoms with Crippen molar-refractivity contribution in [1.82, 2.24) is 5.32 Å². The van der Waals surface area contributed by atoms with E-state index in [0.717, 1.165) is 12.3 Å². The molecule has 2 aromatic rings. The summed E-state index contributed by atoms with van der Waals surface area (Å²) in [6.45, 7) is 4.61. The Balaban J connectivity index is 2.19. The number of hydrogen-bond acceptors (Lipinski definition) is 1. The second-order valence-corrected chi connectivity index (χ2v) is 5.58. The average molecular weight is 255 g/mol. The van der Waals surface area contributed by atoms with Crippen molar-refractivity contribution in [1.29, 1.82) is 0 Å². The van der Waals surface area contributed by atoms with Crippen LogP contribution in [-0.2, 0) is 6.42 Å². The average Bonchev–Trinajstić information content (AvgIpc) is 2.46. The lowest BCUT2D eigenvalue weighted by Crippen LogP contribution is -2.29. The Kier molecular flexibility index (Phi) is 4.98. The molecule has 0 aliphatic heterocycles. The van der Waals surface area contributed by atoms with E-state index >= 15 is 0 Å². The molecule has 0 bridgehead atoms. The van der Waals surface area contributed by atoms with Gasteiger partial charge in [-0.3, -0.25) is 0 Å². The van der Waals surface area contributed by atoms with E-state index in [2.05, 4.69) is 68.7 Å². The molecule has 0 saturated heterocycles. The van der Waals surface area contributed by atoms with Gasteiger partial charge in [0.15, 0.2) is 0 Å². The zero-order valence-electron chi connectivity index (χ0n) is 12.3. The Bertz CT molecular complexity index is 513. The van der Waals surface area contributed by atoms with Crippen LogP contribution in [0.5, 0.6) is 0 Å². The minimum absolute atomic E-state index is 0.570. The maximum Gasteiger partial charge on any atom is 0.0107 e. The SMILES string of the molecule is CCC(C)CC(Cc1cccc2ccccc12)NC. The Morgan fingerprint density at radius 3 is 2.53 bits per heavy atom. The first kappa shape index (κ1) is 14.1. The van der Waals surface area contributed by atoms with E-state index in [1.165, 1.54) is 29.2 Å². The van der Waals surface area contributed by atoms with E-state index in [1.807, 2.05) is 0 Å². The lowest BCUT2D eigenvalue weighted by atomic mass is 9.92. The fourth-order valence-electron chi connectivity index (χ4n) is 2.69. The minimum atomic E-state index is 0.570. The molecule has 0 spiro atoms. The fraction of sp³-hybridized carbons (Fsp3) is 0.444. The van der Waals surface area contributed by atoms with Gasteiger partial charge in [0.1, 0.15) is 0 Å². The van der Waals surface area contributed by atoms with Gasteiger partial charge in [-0.15, -0.1) is 0 Å². The summed E-state index contributed by atoms with van der Waals surface area (Å²) in [4.78, 5) is 0. The van der Waals surface area contributed by atoms with E-state index < -0.39 is 0 Å². The molecule has 0 aromatic heterocycles. The summed E-state index contributed by atoms with van der Waals surface area (Å²) in [6.07, 6.45) is 3.62. The van der Waals surface area contributed by atoms with Crippen LogP contribution in [0.1, 0.15) is 32.3 Å². The van der Waals surface area contributed by atoms with E-state index in [0.29, 0.717) is 6.04 Å². The van der Waals surface area contributed by atoms with Crippen LogP contribution in [0.2, 0.25) is 0 Å². The quantitative estimate of drug-likeness (QED) is 0.806. The summed E-state index contributed by atoms with van der Waals surface area (Å²) >= 11 is 0. The summed E-state index contributed by atoms with van der Waals surface area (Å²) in [5.41, 5.74) is 1.46. The molecular formula is C18H25N. The Morgan fingerprint density at radius 2 is 1.79 bits per heavy atom. The zero-order valence-corrected chi connectivity index (χ0v) is 12.3. The summed E-state index contributed by atoms with van der Waals surface area (Å²) in [5, 5.41) is 6.22. The summed E-state index contributed by atoms with van der Waals surface area (Å²) in [6, 6.07) is 15.9. The molecule has 19 heavy (non-hydrogen) atoms. The van der Waals surface area contributed by atoms with Crippen molar-refractivity contribution < 1.29 is 0 Å². The van der Waals surface area contributed by atoms with Crippen LogP contribution in [0, 0.1) is 5.92 Å². The standard InChI is InChI=1S/C18H25N/c1-4-14(2)12-17(19-3)13-16-10-7-9-15-8-5-6-11-18(15)16/h5-11,14,17,19H,4,12-13H2,1-3H3. The molecule has 102 valence electrons. The van der Waals surface area contributed by atoms with Gasteiger partial charge in [0.25, 0.3) is 0 Å². The van der Waals surface area contributed by atoms with Gasteiger partial charge in [0, 0.05) is 6.04 Å². The number of nitrogens with one attached hydrogen (secondary N) is 1. The maximum atomic E-state index is 3.48. The molecule has 0 heterocycles. The molecule has 0 fully saturated rings. The van der Waals surface area contributed by atoms with Crippen molar-refractivity contribution in [2.24, 2.45) is 5.92 Å². The highest BCUT2D eigenvalue weighted by molar-refractivity contribution is 5.85. The Labute approximate surface area is 117 Å². The van der Waals surface area contributed by atoms with E-state index in [9.17, 15) is 0 Å². The molecule has 0 radical (unpaired) electrons. The fourth-order valence-corrected chi connectivity index (χ4v) is 2.69. The van der Waals surface area contributed by atoms with Gasteiger partial charge < -0.3 is 5.32 Å². The van der Waals surface area contributed by atoms with E-state index in [4.69, 9.17) is 0 Å². The van der Waals surface area contributed by atoms with Crippen LogP contribution in [0.4, 0.5) is 0 Å². The molecule has 1 N–H and O–H groups in total. The van der Waals surface area contributed by atoms with Gasteiger partial charge in [-0.2, -0.15) is 0 Å². The highest BCUT2D eigenvalue weighted by atomic mass is 14.9. The molecule has 2 aromatic carbocycles. The summed E-state index contributed by atoms with van der Waals surface area (Å²) in [7, 11) is 2.08. The molecule has 1 nitrogen and oxygen atoms in total. The van der Waals surface area contributed by atoms with Crippen molar-refractivity contribution >= 4 is 10.8 Å². The monoisotopic (exact) mass is 255 g/mol. The molecule has 2 unspecified atom stereocenters. The van der Waals surface area contributed by atoms with Crippen molar-refractivity contribution in [2.45, 2.75) is 39.2 Å². The van der Waals surface area contributed by atoms with Gasteiger partial charge in [-0.25, -0.2) is 0 Å². The number of hydrogen-bond donors (Lipinski definition) is 1. The lowest BCUT2D eigenvalue weighted by molar-refractivity contribution is 0.411. The second-order valence-electron chi connectivity index (χ2n) is 5.58. The lowest BCUT2D eigenvalue weighted by Gasteiger charge is -2.20. The topological polar surface area (TPSA) is 12.0 Å². The van der Waals surface area contributed by atoms with Crippen LogP contribution in [0.3, 0.4) is 0 Å².